The highest BCUT2D eigenvalue weighted by Crippen LogP contribution is 2.44. The van der Waals surface area contributed by atoms with Gasteiger partial charge >= 0.3 is 0 Å². The Bertz CT molecular complexity index is 906. The summed E-state index contributed by atoms with van der Waals surface area (Å²) in [5, 5.41) is 22.7. The van der Waals surface area contributed by atoms with Gasteiger partial charge in [-0.15, -0.1) is 21.5 Å². The average Bonchev–Trinajstić information content (AvgIpc) is 3.09. The molecule has 0 unspecified atom stereocenters. The van der Waals surface area contributed by atoms with Crippen LogP contribution in [0.1, 0.15) is 18.9 Å². The topological polar surface area (TPSA) is 73.8 Å². The Hall–Kier alpha value is -1.71. The molecule has 24 heavy (non-hydrogen) atoms. The summed E-state index contributed by atoms with van der Waals surface area (Å²) in [5.74, 6) is 0.842. The molecule has 6 nitrogen and oxygen atoms in total. The van der Waals surface area contributed by atoms with Crippen molar-refractivity contribution in [1.29, 1.82) is 0 Å². The lowest BCUT2D eigenvalue weighted by Gasteiger charge is -2.08. The van der Waals surface area contributed by atoms with E-state index in [-0.39, 0.29) is 10.6 Å². The number of rotatable bonds is 5. The number of nitrogens with zero attached hydrogens (tertiary/aromatic N) is 4. The highest BCUT2D eigenvalue weighted by molar-refractivity contribution is 9.10. The first kappa shape index (κ1) is 15.8. The number of nitro groups is 1. The Morgan fingerprint density at radius 2 is 2.17 bits per heavy atom. The van der Waals surface area contributed by atoms with Crippen LogP contribution in [-0.2, 0) is 0 Å². The van der Waals surface area contributed by atoms with Crippen LogP contribution in [0.15, 0.2) is 50.2 Å². The highest BCUT2D eigenvalue weighted by atomic mass is 79.9. The van der Waals surface area contributed by atoms with E-state index in [0.717, 1.165) is 23.5 Å². The zero-order chi connectivity index (χ0) is 16.7. The zero-order valence-corrected chi connectivity index (χ0v) is 15.5. The maximum Gasteiger partial charge on any atom is 0.284 e. The average molecular weight is 423 g/mol. The number of nitro benzene ring substituents is 1. The Labute approximate surface area is 154 Å². The van der Waals surface area contributed by atoms with Gasteiger partial charge in [-0.2, -0.15) is 0 Å². The minimum Gasteiger partial charge on any atom is -0.298 e. The van der Waals surface area contributed by atoms with E-state index in [1.165, 1.54) is 17.8 Å². The fourth-order valence-corrected chi connectivity index (χ4v) is 4.44. The molecule has 1 saturated carbocycles. The van der Waals surface area contributed by atoms with Gasteiger partial charge < -0.3 is 0 Å². The van der Waals surface area contributed by atoms with Crippen molar-refractivity contribution in [2.75, 3.05) is 0 Å². The van der Waals surface area contributed by atoms with Crippen LogP contribution in [0.5, 0.6) is 0 Å². The third-order valence-electron chi connectivity index (χ3n) is 3.64. The number of thiophene rings is 1. The quantitative estimate of drug-likeness (QED) is 0.419. The van der Waals surface area contributed by atoms with Gasteiger partial charge in [0.25, 0.3) is 5.69 Å². The van der Waals surface area contributed by atoms with Gasteiger partial charge in [0.1, 0.15) is 0 Å². The van der Waals surface area contributed by atoms with Crippen LogP contribution in [0.2, 0.25) is 0 Å². The lowest BCUT2D eigenvalue weighted by Crippen LogP contribution is -1.99. The van der Waals surface area contributed by atoms with Crippen molar-refractivity contribution in [2.45, 2.75) is 28.9 Å². The van der Waals surface area contributed by atoms with Gasteiger partial charge in [-0.05, 0) is 48.2 Å². The molecule has 122 valence electrons. The summed E-state index contributed by atoms with van der Waals surface area (Å²) >= 11 is 6.20. The van der Waals surface area contributed by atoms with Gasteiger partial charge in [0.2, 0.25) is 0 Å². The van der Waals surface area contributed by atoms with E-state index < -0.39 is 0 Å². The van der Waals surface area contributed by atoms with Gasteiger partial charge in [-0.3, -0.25) is 14.7 Å². The van der Waals surface area contributed by atoms with Crippen molar-refractivity contribution in [1.82, 2.24) is 14.8 Å². The summed E-state index contributed by atoms with van der Waals surface area (Å²) < 4.78 is 2.80. The van der Waals surface area contributed by atoms with E-state index in [1.54, 1.807) is 23.5 Å². The molecule has 2 aromatic heterocycles. The van der Waals surface area contributed by atoms with E-state index in [1.807, 2.05) is 17.5 Å². The van der Waals surface area contributed by atoms with Gasteiger partial charge in [0.15, 0.2) is 11.0 Å². The van der Waals surface area contributed by atoms with Crippen LogP contribution in [0.25, 0.3) is 10.7 Å². The van der Waals surface area contributed by atoms with Crippen molar-refractivity contribution in [2.24, 2.45) is 0 Å². The van der Waals surface area contributed by atoms with Crippen LogP contribution in [0.3, 0.4) is 0 Å². The van der Waals surface area contributed by atoms with Crippen molar-refractivity contribution in [3.05, 3.63) is 50.3 Å². The van der Waals surface area contributed by atoms with E-state index in [2.05, 4.69) is 30.7 Å². The zero-order valence-electron chi connectivity index (χ0n) is 12.3. The summed E-state index contributed by atoms with van der Waals surface area (Å²) in [6, 6.07) is 9.44. The largest absolute Gasteiger partial charge is 0.298 e. The molecule has 0 spiro atoms. The number of halogens is 1. The number of benzene rings is 1. The predicted octanol–water partition coefficient (Wildman–Crippen LogP) is 5.16. The molecule has 0 saturated heterocycles. The molecule has 4 rings (SSSR count). The van der Waals surface area contributed by atoms with E-state index >= 15 is 0 Å². The summed E-state index contributed by atoms with van der Waals surface area (Å²) in [4.78, 5) is 12.6. The minimum absolute atomic E-state index is 0.0670. The van der Waals surface area contributed by atoms with Crippen molar-refractivity contribution in [3.63, 3.8) is 0 Å². The first-order valence-electron chi connectivity index (χ1n) is 7.24. The lowest BCUT2D eigenvalue weighted by molar-refractivity contribution is -0.387. The van der Waals surface area contributed by atoms with E-state index in [4.69, 9.17) is 0 Å². The first-order valence-corrected chi connectivity index (χ1v) is 9.73. The molecule has 1 aliphatic carbocycles. The summed E-state index contributed by atoms with van der Waals surface area (Å²) in [5.41, 5.74) is 0.0670. The SMILES string of the molecule is O=[N+]([O-])c1cc(Br)ccc1Sc1nnc(-c2cccs2)n1C1CC1. The maximum atomic E-state index is 11.3. The molecule has 0 N–H and O–H groups in total. The molecule has 0 amide bonds. The normalized spacial score (nSPS) is 14.0. The van der Waals surface area contributed by atoms with Gasteiger partial charge in [0.05, 0.1) is 14.7 Å². The summed E-state index contributed by atoms with van der Waals surface area (Å²) in [7, 11) is 0. The molecule has 3 aromatic rings. The standard InChI is InChI=1S/C15H11BrN4O2S2/c16-9-3-6-12(11(8-9)20(21)22)24-15-18-17-14(13-2-1-7-23-13)19(15)10-4-5-10/h1-3,6-8,10H,4-5H2. The summed E-state index contributed by atoms with van der Waals surface area (Å²) in [6.45, 7) is 0. The van der Waals surface area contributed by atoms with Crippen LogP contribution in [-0.4, -0.2) is 19.7 Å². The molecule has 1 aliphatic rings. The monoisotopic (exact) mass is 422 g/mol. The smallest absolute Gasteiger partial charge is 0.284 e. The summed E-state index contributed by atoms with van der Waals surface area (Å²) in [6.07, 6.45) is 2.18. The first-order chi connectivity index (χ1) is 11.6. The second kappa shape index (κ2) is 6.30. The molecule has 1 aromatic carbocycles. The molecule has 2 heterocycles. The third kappa shape index (κ3) is 2.99. The number of aromatic nitrogens is 3. The molecular weight excluding hydrogens is 412 g/mol. The molecule has 0 bridgehead atoms. The Balaban J connectivity index is 1.75. The van der Waals surface area contributed by atoms with Crippen LogP contribution >= 0.6 is 39.0 Å². The van der Waals surface area contributed by atoms with Gasteiger partial charge in [-0.25, -0.2) is 0 Å². The van der Waals surface area contributed by atoms with E-state index in [0.29, 0.717) is 20.6 Å². The third-order valence-corrected chi connectivity index (χ3v) is 6.02. The minimum atomic E-state index is -0.370. The predicted molar refractivity (Wildman–Crippen MR) is 96.5 cm³/mol. The van der Waals surface area contributed by atoms with Gasteiger partial charge in [0, 0.05) is 16.6 Å². The fourth-order valence-electron chi connectivity index (χ4n) is 2.40. The highest BCUT2D eigenvalue weighted by Gasteiger charge is 2.31. The molecular formula is C15H11BrN4O2S2. The Morgan fingerprint density at radius 1 is 1.33 bits per heavy atom. The molecule has 9 heteroatoms. The fraction of sp³-hybridized carbons (Fsp3) is 0.200. The molecule has 0 radical (unpaired) electrons. The van der Waals surface area contributed by atoms with Crippen LogP contribution < -0.4 is 0 Å². The van der Waals surface area contributed by atoms with Crippen molar-refractivity contribution >= 4 is 44.7 Å². The molecule has 0 atom stereocenters. The van der Waals surface area contributed by atoms with Crippen LogP contribution in [0, 0.1) is 10.1 Å². The second-order valence-corrected chi connectivity index (χ2v) is 8.23. The van der Waals surface area contributed by atoms with E-state index in [9.17, 15) is 10.1 Å². The lowest BCUT2D eigenvalue weighted by atomic mass is 10.3. The Morgan fingerprint density at radius 3 is 2.83 bits per heavy atom. The molecule has 0 aliphatic heterocycles. The van der Waals surface area contributed by atoms with Crippen molar-refractivity contribution < 1.29 is 4.92 Å². The van der Waals surface area contributed by atoms with Crippen LogP contribution in [0.4, 0.5) is 5.69 Å². The number of hydrogen-bond acceptors (Lipinski definition) is 6. The maximum absolute atomic E-state index is 11.3. The number of hydrogen-bond donors (Lipinski definition) is 0. The second-order valence-electron chi connectivity index (χ2n) is 5.36. The van der Waals surface area contributed by atoms with Crippen molar-refractivity contribution in [3.8, 4) is 10.7 Å². The Kier molecular flexibility index (Phi) is 4.15. The van der Waals surface area contributed by atoms with Gasteiger partial charge in [-0.1, -0.05) is 22.0 Å². The molecule has 1 fully saturated rings.